The predicted molar refractivity (Wildman–Crippen MR) is 76.2 cm³/mol. The van der Waals surface area contributed by atoms with Crippen molar-refractivity contribution in [3.63, 3.8) is 0 Å². The lowest BCUT2D eigenvalue weighted by Gasteiger charge is -2.15. The number of fused-ring (bicyclic) bond motifs is 1. The van der Waals surface area contributed by atoms with Crippen LogP contribution in [0.2, 0.25) is 0 Å². The molecule has 0 atom stereocenters. The summed E-state index contributed by atoms with van der Waals surface area (Å²) < 4.78 is 0. The van der Waals surface area contributed by atoms with E-state index in [1.807, 2.05) is 31.2 Å². The molecule has 0 saturated heterocycles. The van der Waals surface area contributed by atoms with E-state index in [2.05, 4.69) is 0 Å². The zero-order chi connectivity index (χ0) is 14.3. The number of benzene rings is 2. The summed E-state index contributed by atoms with van der Waals surface area (Å²) in [6, 6.07) is 12.7. The highest BCUT2D eigenvalue weighted by Crippen LogP contribution is 2.29. The molecule has 0 bridgehead atoms. The number of hydrogen-bond acceptors (Lipinski definition) is 3. The van der Waals surface area contributed by atoms with Gasteiger partial charge in [-0.1, -0.05) is 30.3 Å². The summed E-state index contributed by atoms with van der Waals surface area (Å²) in [6.07, 6.45) is 0. The van der Waals surface area contributed by atoms with Crippen LogP contribution in [0.5, 0.6) is 0 Å². The zero-order valence-corrected chi connectivity index (χ0v) is 11.1. The molecule has 4 nitrogen and oxygen atoms in total. The van der Waals surface area contributed by atoms with E-state index in [1.165, 1.54) is 4.90 Å². The normalized spacial score (nSPS) is 13.8. The summed E-state index contributed by atoms with van der Waals surface area (Å²) in [5.74, 6) is -0.591. The molecule has 1 aliphatic rings. The molecule has 20 heavy (non-hydrogen) atoms. The number of nitrogens with two attached hydrogens (primary N) is 1. The Morgan fingerprint density at radius 1 is 1.00 bits per heavy atom. The van der Waals surface area contributed by atoms with E-state index in [0.717, 1.165) is 11.1 Å². The Morgan fingerprint density at radius 3 is 2.45 bits per heavy atom. The van der Waals surface area contributed by atoms with Crippen molar-refractivity contribution in [1.29, 1.82) is 0 Å². The molecule has 2 aromatic carbocycles. The van der Waals surface area contributed by atoms with Crippen molar-refractivity contribution in [2.24, 2.45) is 0 Å². The molecule has 0 radical (unpaired) electrons. The number of carbonyl (C=O) groups is 2. The number of rotatable bonds is 2. The molecule has 3 rings (SSSR count). The maximum atomic E-state index is 12.4. The van der Waals surface area contributed by atoms with Crippen LogP contribution in [0.3, 0.4) is 0 Å². The van der Waals surface area contributed by atoms with Crippen LogP contribution >= 0.6 is 0 Å². The van der Waals surface area contributed by atoms with Gasteiger partial charge in [0.2, 0.25) is 0 Å². The minimum atomic E-state index is -0.314. The van der Waals surface area contributed by atoms with E-state index in [9.17, 15) is 9.59 Å². The second kappa shape index (κ2) is 4.49. The van der Waals surface area contributed by atoms with Gasteiger partial charge in [-0.15, -0.1) is 0 Å². The summed E-state index contributed by atoms with van der Waals surface area (Å²) in [5.41, 5.74) is 8.89. The van der Waals surface area contributed by atoms with Gasteiger partial charge in [0.15, 0.2) is 0 Å². The standard InChI is InChI=1S/C16H14N2O2/c1-10-5-2-3-6-11(10)9-18-15(19)12-7-4-8-13(17)14(12)16(18)20/h2-8H,9,17H2,1H3. The highest BCUT2D eigenvalue weighted by Gasteiger charge is 2.36. The van der Waals surface area contributed by atoms with Crippen molar-refractivity contribution in [3.8, 4) is 0 Å². The van der Waals surface area contributed by atoms with Gasteiger partial charge in [-0.2, -0.15) is 0 Å². The summed E-state index contributed by atoms with van der Waals surface area (Å²) in [6.45, 7) is 2.24. The highest BCUT2D eigenvalue weighted by molar-refractivity contribution is 6.23. The highest BCUT2D eigenvalue weighted by atomic mass is 16.2. The van der Waals surface area contributed by atoms with Gasteiger partial charge in [0.1, 0.15) is 0 Å². The van der Waals surface area contributed by atoms with Crippen molar-refractivity contribution in [2.45, 2.75) is 13.5 Å². The summed E-state index contributed by atoms with van der Waals surface area (Å²) in [4.78, 5) is 25.9. The van der Waals surface area contributed by atoms with Crippen molar-refractivity contribution < 1.29 is 9.59 Å². The third kappa shape index (κ3) is 1.77. The largest absolute Gasteiger partial charge is 0.398 e. The zero-order valence-electron chi connectivity index (χ0n) is 11.1. The smallest absolute Gasteiger partial charge is 0.263 e. The number of anilines is 1. The van der Waals surface area contributed by atoms with Crippen LogP contribution in [-0.4, -0.2) is 16.7 Å². The van der Waals surface area contributed by atoms with Crippen LogP contribution < -0.4 is 5.73 Å². The van der Waals surface area contributed by atoms with Crippen LogP contribution in [0.25, 0.3) is 0 Å². The maximum absolute atomic E-state index is 12.4. The van der Waals surface area contributed by atoms with Gasteiger partial charge >= 0.3 is 0 Å². The van der Waals surface area contributed by atoms with Gasteiger partial charge in [0.05, 0.1) is 17.7 Å². The molecular formula is C16H14N2O2. The van der Waals surface area contributed by atoms with Crippen LogP contribution in [-0.2, 0) is 6.54 Å². The minimum absolute atomic E-state index is 0.276. The molecule has 4 heteroatoms. The average molecular weight is 266 g/mol. The Morgan fingerprint density at radius 2 is 1.75 bits per heavy atom. The first-order chi connectivity index (χ1) is 9.59. The number of aryl methyl sites for hydroxylation is 1. The third-order valence-electron chi connectivity index (χ3n) is 3.62. The fraction of sp³-hybridized carbons (Fsp3) is 0.125. The third-order valence-corrected chi connectivity index (χ3v) is 3.62. The van der Waals surface area contributed by atoms with E-state index in [1.54, 1.807) is 18.2 Å². The van der Waals surface area contributed by atoms with Gasteiger partial charge in [-0.05, 0) is 30.2 Å². The average Bonchev–Trinajstić information content (AvgIpc) is 2.67. The molecule has 0 saturated carbocycles. The number of amides is 2. The summed E-state index contributed by atoms with van der Waals surface area (Å²) in [7, 11) is 0. The topological polar surface area (TPSA) is 63.4 Å². The van der Waals surface area contributed by atoms with Crippen LogP contribution in [0.15, 0.2) is 42.5 Å². The molecule has 1 heterocycles. The van der Waals surface area contributed by atoms with E-state index in [4.69, 9.17) is 5.73 Å². The van der Waals surface area contributed by atoms with E-state index in [-0.39, 0.29) is 18.4 Å². The van der Waals surface area contributed by atoms with Crippen LogP contribution in [0.4, 0.5) is 5.69 Å². The van der Waals surface area contributed by atoms with Crippen LogP contribution in [0, 0.1) is 6.92 Å². The van der Waals surface area contributed by atoms with E-state index in [0.29, 0.717) is 16.8 Å². The number of imide groups is 1. The molecule has 2 aromatic rings. The van der Waals surface area contributed by atoms with Gasteiger partial charge in [-0.3, -0.25) is 14.5 Å². The fourth-order valence-corrected chi connectivity index (χ4v) is 2.46. The molecule has 1 aliphatic heterocycles. The molecule has 2 amide bonds. The maximum Gasteiger partial charge on any atom is 0.263 e. The number of hydrogen-bond donors (Lipinski definition) is 1. The monoisotopic (exact) mass is 266 g/mol. The Bertz CT molecular complexity index is 722. The van der Waals surface area contributed by atoms with E-state index < -0.39 is 0 Å². The Kier molecular flexibility index (Phi) is 2.79. The first kappa shape index (κ1) is 12.4. The van der Waals surface area contributed by atoms with Crippen molar-refractivity contribution in [1.82, 2.24) is 4.90 Å². The van der Waals surface area contributed by atoms with Crippen LogP contribution in [0.1, 0.15) is 31.8 Å². The minimum Gasteiger partial charge on any atom is -0.398 e. The molecule has 0 fully saturated rings. The van der Waals surface area contributed by atoms with E-state index >= 15 is 0 Å². The Labute approximate surface area is 116 Å². The summed E-state index contributed by atoms with van der Waals surface area (Å²) >= 11 is 0. The number of nitrogens with zero attached hydrogens (tertiary/aromatic N) is 1. The SMILES string of the molecule is Cc1ccccc1CN1C(=O)c2cccc(N)c2C1=O. The Balaban J connectivity index is 1.99. The van der Waals surface area contributed by atoms with Gasteiger partial charge in [0, 0.05) is 5.69 Å². The molecule has 0 unspecified atom stereocenters. The Hall–Kier alpha value is -2.62. The molecule has 100 valence electrons. The lowest BCUT2D eigenvalue weighted by Crippen LogP contribution is -2.29. The first-order valence-corrected chi connectivity index (χ1v) is 6.39. The van der Waals surface area contributed by atoms with Gasteiger partial charge in [0.25, 0.3) is 11.8 Å². The molecule has 0 spiro atoms. The first-order valence-electron chi connectivity index (χ1n) is 6.39. The van der Waals surface area contributed by atoms with Gasteiger partial charge in [-0.25, -0.2) is 0 Å². The summed E-state index contributed by atoms with van der Waals surface area (Å²) in [5, 5.41) is 0. The molecule has 0 aromatic heterocycles. The quantitative estimate of drug-likeness (QED) is 0.670. The second-order valence-electron chi connectivity index (χ2n) is 4.89. The molecule has 2 N–H and O–H groups in total. The van der Waals surface area contributed by atoms with Crippen molar-refractivity contribution >= 4 is 17.5 Å². The lowest BCUT2D eigenvalue weighted by molar-refractivity contribution is 0.0642. The predicted octanol–water partition coefficient (Wildman–Crippen LogP) is 2.37. The van der Waals surface area contributed by atoms with Crippen molar-refractivity contribution in [2.75, 3.05) is 5.73 Å². The van der Waals surface area contributed by atoms with Gasteiger partial charge < -0.3 is 5.73 Å². The number of carbonyl (C=O) groups excluding carboxylic acids is 2. The second-order valence-corrected chi connectivity index (χ2v) is 4.89. The molecular weight excluding hydrogens is 252 g/mol. The molecule has 0 aliphatic carbocycles. The lowest BCUT2D eigenvalue weighted by atomic mass is 10.1. The fourth-order valence-electron chi connectivity index (χ4n) is 2.46. The van der Waals surface area contributed by atoms with Crippen molar-refractivity contribution in [3.05, 3.63) is 64.7 Å². The number of nitrogen functional groups attached to an aromatic ring is 1.